The van der Waals surface area contributed by atoms with Crippen LogP contribution in [0.15, 0.2) is 35.8 Å². The maximum atomic E-state index is 12.8. The van der Waals surface area contributed by atoms with Gasteiger partial charge in [0.1, 0.15) is 0 Å². The number of sulfone groups is 1. The molecular weight excluding hydrogens is 370 g/mol. The number of hydrogen-bond acceptors (Lipinski definition) is 5. The summed E-state index contributed by atoms with van der Waals surface area (Å²) < 4.78 is 23.2. The summed E-state index contributed by atoms with van der Waals surface area (Å²) in [7, 11) is -2.93. The maximum absolute atomic E-state index is 12.8. The van der Waals surface area contributed by atoms with Crippen LogP contribution in [-0.4, -0.2) is 42.4 Å². The van der Waals surface area contributed by atoms with E-state index in [2.05, 4.69) is 10.3 Å². The third kappa shape index (κ3) is 5.04. The highest BCUT2D eigenvalue weighted by Gasteiger charge is 2.28. The number of amides is 2. The van der Waals surface area contributed by atoms with Gasteiger partial charge >= 0.3 is 6.03 Å². The Morgan fingerprint density at radius 1 is 1.31 bits per heavy atom. The van der Waals surface area contributed by atoms with E-state index in [1.165, 1.54) is 11.3 Å². The van der Waals surface area contributed by atoms with Gasteiger partial charge < -0.3 is 10.2 Å². The van der Waals surface area contributed by atoms with E-state index in [0.717, 1.165) is 16.1 Å². The highest BCUT2D eigenvalue weighted by atomic mass is 32.2. The molecule has 1 saturated heterocycles. The second-order valence-corrected chi connectivity index (χ2v) is 9.83. The van der Waals surface area contributed by atoms with Crippen LogP contribution in [0.4, 0.5) is 4.79 Å². The molecule has 1 aromatic carbocycles. The first-order valence-corrected chi connectivity index (χ1v) is 11.3. The Morgan fingerprint density at radius 3 is 2.69 bits per heavy atom. The summed E-state index contributed by atoms with van der Waals surface area (Å²) in [6.45, 7) is 3.31. The number of carbonyl (C=O) groups is 1. The Hall–Kier alpha value is -1.93. The van der Waals surface area contributed by atoms with Crippen molar-refractivity contribution < 1.29 is 13.2 Å². The number of rotatable bonds is 6. The largest absolute Gasteiger partial charge is 0.338 e. The number of aryl methyl sites for hydroxylation is 1. The molecular formula is C18H23N3O3S2. The van der Waals surface area contributed by atoms with Gasteiger partial charge in [0, 0.05) is 18.0 Å². The minimum Gasteiger partial charge on any atom is -0.338 e. The van der Waals surface area contributed by atoms with Gasteiger partial charge in [-0.15, -0.1) is 11.3 Å². The highest BCUT2D eigenvalue weighted by molar-refractivity contribution is 7.91. The molecule has 0 spiro atoms. The molecule has 2 heterocycles. The van der Waals surface area contributed by atoms with Crippen LogP contribution in [0.1, 0.15) is 22.6 Å². The van der Waals surface area contributed by atoms with Gasteiger partial charge in [-0.2, -0.15) is 0 Å². The van der Waals surface area contributed by atoms with Gasteiger partial charge in [-0.3, -0.25) is 0 Å². The lowest BCUT2D eigenvalue weighted by Crippen LogP contribution is -2.41. The van der Waals surface area contributed by atoms with E-state index < -0.39 is 9.84 Å². The van der Waals surface area contributed by atoms with Crippen molar-refractivity contribution in [2.75, 3.05) is 18.1 Å². The van der Waals surface area contributed by atoms with Crippen molar-refractivity contribution >= 4 is 27.2 Å². The number of thiazole rings is 1. The molecule has 26 heavy (non-hydrogen) atoms. The van der Waals surface area contributed by atoms with E-state index in [0.29, 0.717) is 26.1 Å². The van der Waals surface area contributed by atoms with Crippen molar-refractivity contribution in [2.24, 2.45) is 5.92 Å². The van der Waals surface area contributed by atoms with Crippen molar-refractivity contribution in [3.05, 3.63) is 52.0 Å². The second-order valence-electron chi connectivity index (χ2n) is 6.66. The Labute approximate surface area is 158 Å². The molecule has 1 aliphatic heterocycles. The number of benzene rings is 1. The molecule has 1 atom stereocenters. The number of urea groups is 1. The number of nitrogens with zero attached hydrogens (tertiary/aromatic N) is 2. The minimum absolute atomic E-state index is 0.00710. The van der Waals surface area contributed by atoms with Crippen LogP contribution in [0.25, 0.3) is 0 Å². The van der Waals surface area contributed by atoms with Crippen molar-refractivity contribution in [1.29, 1.82) is 0 Å². The molecule has 1 unspecified atom stereocenters. The summed E-state index contributed by atoms with van der Waals surface area (Å²) >= 11 is 1.54. The molecule has 140 valence electrons. The van der Waals surface area contributed by atoms with Crippen LogP contribution < -0.4 is 5.32 Å². The van der Waals surface area contributed by atoms with Crippen LogP contribution in [0.5, 0.6) is 0 Å². The SMILES string of the molecule is Cc1ncsc1CN(Cc1ccccc1)C(=O)NCC1CCS(=O)(=O)C1. The average Bonchev–Trinajstić information content (AvgIpc) is 3.18. The normalized spacial score (nSPS) is 18.6. The molecule has 0 aliphatic carbocycles. The van der Waals surface area contributed by atoms with E-state index in [-0.39, 0.29) is 23.5 Å². The van der Waals surface area contributed by atoms with Gasteiger partial charge in [0.05, 0.1) is 29.3 Å². The van der Waals surface area contributed by atoms with Crippen LogP contribution in [0.3, 0.4) is 0 Å². The number of hydrogen-bond donors (Lipinski definition) is 1. The van der Waals surface area contributed by atoms with E-state index in [1.807, 2.05) is 37.3 Å². The third-order valence-corrected chi connectivity index (χ3v) is 7.31. The second kappa shape index (κ2) is 8.18. The van der Waals surface area contributed by atoms with Crippen LogP contribution in [0, 0.1) is 12.8 Å². The predicted octanol–water partition coefficient (Wildman–Crippen LogP) is 2.60. The summed E-state index contributed by atoms with van der Waals surface area (Å²) in [5, 5.41) is 2.92. The fourth-order valence-electron chi connectivity index (χ4n) is 3.03. The summed E-state index contributed by atoms with van der Waals surface area (Å²) in [6.07, 6.45) is 0.620. The lowest BCUT2D eigenvalue weighted by atomic mass is 10.1. The number of carbonyl (C=O) groups excluding carboxylic acids is 1. The zero-order valence-electron chi connectivity index (χ0n) is 14.7. The molecule has 6 nitrogen and oxygen atoms in total. The Bertz CT molecular complexity index is 850. The Balaban J connectivity index is 1.65. The Kier molecular flexibility index (Phi) is 5.93. The number of aromatic nitrogens is 1. The molecule has 2 aromatic rings. The van der Waals surface area contributed by atoms with Crippen LogP contribution in [-0.2, 0) is 22.9 Å². The summed E-state index contributed by atoms with van der Waals surface area (Å²) in [6, 6.07) is 9.65. The molecule has 8 heteroatoms. The molecule has 1 N–H and O–H groups in total. The van der Waals surface area contributed by atoms with Crippen LogP contribution >= 0.6 is 11.3 Å². The quantitative estimate of drug-likeness (QED) is 0.818. The smallest absolute Gasteiger partial charge is 0.318 e. The van der Waals surface area contributed by atoms with E-state index >= 15 is 0 Å². The van der Waals surface area contributed by atoms with Gasteiger partial charge in [-0.05, 0) is 24.8 Å². The molecule has 1 fully saturated rings. The molecule has 1 aromatic heterocycles. The van der Waals surface area contributed by atoms with Gasteiger partial charge in [0.25, 0.3) is 0 Å². The zero-order valence-corrected chi connectivity index (χ0v) is 16.4. The number of nitrogens with one attached hydrogen (secondary N) is 1. The van der Waals surface area contributed by atoms with E-state index in [4.69, 9.17) is 0 Å². The lowest BCUT2D eigenvalue weighted by Gasteiger charge is -2.24. The maximum Gasteiger partial charge on any atom is 0.318 e. The van der Waals surface area contributed by atoms with Gasteiger partial charge in [-0.25, -0.2) is 18.2 Å². The third-order valence-electron chi connectivity index (χ3n) is 4.55. The van der Waals surface area contributed by atoms with Crippen molar-refractivity contribution in [1.82, 2.24) is 15.2 Å². The lowest BCUT2D eigenvalue weighted by molar-refractivity contribution is 0.191. The monoisotopic (exact) mass is 393 g/mol. The first-order valence-electron chi connectivity index (χ1n) is 8.59. The standard InChI is InChI=1S/C18H23N3O3S2/c1-14-17(25-13-20-14)11-21(10-15-5-3-2-4-6-15)18(22)19-9-16-7-8-26(23,24)12-16/h2-6,13,16H,7-12H2,1H3,(H,19,22). The minimum atomic E-state index is -2.93. The van der Waals surface area contributed by atoms with Gasteiger partial charge in [0.15, 0.2) is 9.84 Å². The van der Waals surface area contributed by atoms with Crippen molar-refractivity contribution in [2.45, 2.75) is 26.4 Å². The predicted molar refractivity (Wildman–Crippen MR) is 103 cm³/mol. The molecule has 2 amide bonds. The summed E-state index contributed by atoms with van der Waals surface area (Å²) in [5.41, 5.74) is 3.77. The van der Waals surface area contributed by atoms with E-state index in [9.17, 15) is 13.2 Å². The van der Waals surface area contributed by atoms with E-state index in [1.54, 1.807) is 10.4 Å². The van der Waals surface area contributed by atoms with Crippen molar-refractivity contribution in [3.8, 4) is 0 Å². The molecule has 1 aliphatic rings. The topological polar surface area (TPSA) is 79.4 Å². The van der Waals surface area contributed by atoms with Gasteiger partial charge in [-0.1, -0.05) is 30.3 Å². The fraction of sp³-hybridized carbons (Fsp3) is 0.444. The molecule has 0 saturated carbocycles. The summed E-state index contributed by atoms with van der Waals surface area (Å²) in [4.78, 5) is 19.8. The average molecular weight is 394 g/mol. The van der Waals surface area contributed by atoms with Gasteiger partial charge in [0.2, 0.25) is 0 Å². The van der Waals surface area contributed by atoms with Crippen LogP contribution in [0.2, 0.25) is 0 Å². The Morgan fingerprint density at radius 2 is 2.08 bits per heavy atom. The molecule has 0 bridgehead atoms. The highest BCUT2D eigenvalue weighted by Crippen LogP contribution is 2.19. The first-order chi connectivity index (χ1) is 12.4. The zero-order chi connectivity index (χ0) is 18.6. The summed E-state index contributed by atoms with van der Waals surface area (Å²) in [5.74, 6) is 0.397. The fourth-order valence-corrected chi connectivity index (χ4v) is 5.68. The molecule has 3 rings (SSSR count). The van der Waals surface area contributed by atoms with Crippen molar-refractivity contribution in [3.63, 3.8) is 0 Å². The first kappa shape index (κ1) is 18.8. The molecule has 0 radical (unpaired) electrons.